The van der Waals surface area contributed by atoms with Crippen LogP contribution >= 0.6 is 0 Å². The summed E-state index contributed by atoms with van der Waals surface area (Å²) in [6, 6.07) is 1.82. The first-order valence-corrected chi connectivity index (χ1v) is 5.70. The number of hydrogen-bond donors (Lipinski definition) is 1. The molecule has 2 atom stereocenters. The fourth-order valence-electron chi connectivity index (χ4n) is 2.13. The number of aryl methyl sites for hydroxylation is 1. The second-order valence-electron chi connectivity index (χ2n) is 4.35. The van der Waals surface area contributed by atoms with Gasteiger partial charge in [-0.15, -0.1) is 10.2 Å². The number of nitrogens with zero attached hydrogens (tertiary/aromatic N) is 4. The average Bonchev–Trinajstić information content (AvgIpc) is 2.92. The minimum absolute atomic E-state index is 0.328. The highest BCUT2D eigenvalue weighted by molar-refractivity contribution is 5.72. The number of ether oxygens (including phenoxy) is 1. The summed E-state index contributed by atoms with van der Waals surface area (Å²) in [5, 5.41) is 17.0. The van der Waals surface area contributed by atoms with Crippen molar-refractivity contribution in [2.75, 3.05) is 0 Å². The molecule has 18 heavy (non-hydrogen) atoms. The number of hydrogen-bond acceptors (Lipinski definition) is 5. The number of fused-ring (bicyclic) bond motifs is 1. The van der Waals surface area contributed by atoms with E-state index in [1.165, 1.54) is 0 Å². The molecule has 1 saturated heterocycles. The van der Waals surface area contributed by atoms with E-state index < -0.39 is 12.1 Å². The lowest BCUT2D eigenvalue weighted by molar-refractivity contribution is -0.149. The van der Waals surface area contributed by atoms with E-state index in [1.807, 2.05) is 13.0 Å². The van der Waals surface area contributed by atoms with Gasteiger partial charge in [0.1, 0.15) is 12.4 Å². The molecule has 0 radical (unpaired) electrons. The maximum absolute atomic E-state index is 10.8. The standard InChI is InChI=1S/C11H12N4O3/c1-6-4-9-13-14-10(15(9)5-12-6)7-2-3-8(18-7)11(16)17/h4-5,7-8H,2-3H2,1H3,(H,16,17). The zero-order chi connectivity index (χ0) is 12.7. The second kappa shape index (κ2) is 4.02. The molecule has 0 saturated carbocycles. The first-order chi connectivity index (χ1) is 8.65. The van der Waals surface area contributed by atoms with Gasteiger partial charge in [0.25, 0.3) is 0 Å². The number of carbonyl (C=O) groups is 1. The van der Waals surface area contributed by atoms with Crippen LogP contribution in [0.4, 0.5) is 0 Å². The maximum Gasteiger partial charge on any atom is 0.332 e. The third kappa shape index (κ3) is 1.72. The molecular formula is C11H12N4O3. The zero-order valence-electron chi connectivity index (χ0n) is 9.78. The molecular weight excluding hydrogens is 236 g/mol. The topological polar surface area (TPSA) is 89.6 Å². The molecule has 1 fully saturated rings. The predicted octanol–water partition coefficient (Wildman–Crippen LogP) is 0.737. The van der Waals surface area contributed by atoms with Crippen molar-refractivity contribution < 1.29 is 14.6 Å². The summed E-state index contributed by atoms with van der Waals surface area (Å²) in [6.07, 6.45) is 1.68. The summed E-state index contributed by atoms with van der Waals surface area (Å²) in [6.45, 7) is 1.88. The molecule has 1 aliphatic rings. The molecule has 1 aliphatic heterocycles. The lowest BCUT2D eigenvalue weighted by Gasteiger charge is -2.09. The van der Waals surface area contributed by atoms with Crippen LogP contribution in [-0.4, -0.2) is 36.8 Å². The Morgan fingerprint density at radius 3 is 3.06 bits per heavy atom. The molecule has 0 spiro atoms. The highest BCUT2D eigenvalue weighted by Crippen LogP contribution is 2.31. The largest absolute Gasteiger partial charge is 0.479 e. The van der Waals surface area contributed by atoms with Crippen molar-refractivity contribution in [3.05, 3.63) is 23.9 Å². The van der Waals surface area contributed by atoms with Crippen LogP contribution in [0.25, 0.3) is 5.65 Å². The molecule has 0 amide bonds. The zero-order valence-corrected chi connectivity index (χ0v) is 9.78. The third-order valence-electron chi connectivity index (χ3n) is 3.05. The summed E-state index contributed by atoms with van der Waals surface area (Å²) in [5.74, 6) is -0.318. The molecule has 3 heterocycles. The minimum Gasteiger partial charge on any atom is -0.479 e. The first kappa shape index (κ1) is 11.1. The Kier molecular flexibility index (Phi) is 2.48. The molecule has 7 nitrogen and oxygen atoms in total. The summed E-state index contributed by atoms with van der Waals surface area (Å²) >= 11 is 0. The average molecular weight is 248 g/mol. The van der Waals surface area contributed by atoms with E-state index in [4.69, 9.17) is 9.84 Å². The molecule has 7 heteroatoms. The smallest absolute Gasteiger partial charge is 0.332 e. The van der Waals surface area contributed by atoms with Gasteiger partial charge in [0, 0.05) is 11.8 Å². The Labute approximate surface area is 102 Å². The van der Waals surface area contributed by atoms with E-state index in [-0.39, 0.29) is 6.10 Å². The molecule has 2 aromatic heterocycles. The fourth-order valence-corrected chi connectivity index (χ4v) is 2.13. The Bertz CT molecular complexity index is 609. The SMILES string of the molecule is Cc1cc2nnc(C3CCC(C(=O)O)O3)n2cn1. The molecule has 2 unspecified atom stereocenters. The highest BCUT2D eigenvalue weighted by Gasteiger charge is 2.34. The normalized spacial score (nSPS) is 23.6. The first-order valence-electron chi connectivity index (χ1n) is 5.70. The van der Waals surface area contributed by atoms with Crippen LogP contribution < -0.4 is 0 Å². The van der Waals surface area contributed by atoms with Gasteiger partial charge < -0.3 is 9.84 Å². The second-order valence-corrected chi connectivity index (χ2v) is 4.35. The Balaban J connectivity index is 1.94. The molecule has 1 N–H and O–H groups in total. The van der Waals surface area contributed by atoms with Crippen LogP contribution in [0.15, 0.2) is 12.4 Å². The Hall–Kier alpha value is -2.02. The molecule has 94 valence electrons. The summed E-state index contributed by atoms with van der Waals surface area (Å²) < 4.78 is 7.19. The molecule has 0 bridgehead atoms. The van der Waals surface area contributed by atoms with Crippen molar-refractivity contribution in [1.29, 1.82) is 0 Å². The van der Waals surface area contributed by atoms with E-state index in [0.29, 0.717) is 24.3 Å². The van der Waals surface area contributed by atoms with E-state index in [9.17, 15) is 4.79 Å². The lowest BCUT2D eigenvalue weighted by atomic mass is 10.2. The maximum atomic E-state index is 10.8. The van der Waals surface area contributed by atoms with Crippen LogP contribution in [0.3, 0.4) is 0 Å². The number of aromatic nitrogens is 4. The van der Waals surface area contributed by atoms with Gasteiger partial charge in [0.05, 0.1) is 0 Å². The van der Waals surface area contributed by atoms with Crippen LogP contribution in [0.2, 0.25) is 0 Å². The molecule has 2 aromatic rings. The number of carboxylic acids is 1. The van der Waals surface area contributed by atoms with E-state index in [2.05, 4.69) is 15.2 Å². The van der Waals surface area contributed by atoms with Gasteiger partial charge in [-0.05, 0) is 19.8 Å². The molecule has 0 aliphatic carbocycles. The van der Waals surface area contributed by atoms with E-state index in [0.717, 1.165) is 5.69 Å². The van der Waals surface area contributed by atoms with Gasteiger partial charge in [-0.2, -0.15) is 0 Å². The minimum atomic E-state index is -0.930. The fraction of sp³-hybridized carbons (Fsp3) is 0.455. The van der Waals surface area contributed by atoms with Crippen LogP contribution in [0.1, 0.15) is 30.5 Å². The Morgan fingerprint density at radius 1 is 1.50 bits per heavy atom. The number of aliphatic carboxylic acids is 1. The lowest BCUT2D eigenvalue weighted by Crippen LogP contribution is -2.19. The van der Waals surface area contributed by atoms with Gasteiger partial charge >= 0.3 is 5.97 Å². The number of rotatable bonds is 2. The van der Waals surface area contributed by atoms with Crippen molar-refractivity contribution in [2.24, 2.45) is 0 Å². The number of carboxylic acid groups (broad SMARTS) is 1. The summed E-state index contributed by atoms with van der Waals surface area (Å²) in [7, 11) is 0. The van der Waals surface area contributed by atoms with Gasteiger partial charge in [-0.1, -0.05) is 0 Å². The predicted molar refractivity (Wildman–Crippen MR) is 60.0 cm³/mol. The summed E-state index contributed by atoms with van der Waals surface area (Å²) in [4.78, 5) is 15.0. The Morgan fingerprint density at radius 2 is 2.33 bits per heavy atom. The van der Waals surface area contributed by atoms with Crippen molar-refractivity contribution in [3.63, 3.8) is 0 Å². The van der Waals surface area contributed by atoms with Crippen molar-refractivity contribution in [1.82, 2.24) is 19.6 Å². The van der Waals surface area contributed by atoms with Crippen LogP contribution in [0, 0.1) is 6.92 Å². The molecule has 0 aromatic carbocycles. The van der Waals surface area contributed by atoms with Crippen molar-refractivity contribution >= 4 is 11.6 Å². The van der Waals surface area contributed by atoms with Gasteiger partial charge in [-0.3, -0.25) is 4.40 Å². The van der Waals surface area contributed by atoms with Gasteiger partial charge in [-0.25, -0.2) is 9.78 Å². The third-order valence-corrected chi connectivity index (χ3v) is 3.05. The van der Waals surface area contributed by atoms with Gasteiger partial charge in [0.15, 0.2) is 17.6 Å². The monoisotopic (exact) mass is 248 g/mol. The molecule has 3 rings (SSSR count). The quantitative estimate of drug-likeness (QED) is 0.843. The highest BCUT2D eigenvalue weighted by atomic mass is 16.5. The van der Waals surface area contributed by atoms with Crippen molar-refractivity contribution in [3.8, 4) is 0 Å². The van der Waals surface area contributed by atoms with E-state index in [1.54, 1.807) is 10.7 Å². The van der Waals surface area contributed by atoms with Crippen LogP contribution in [0.5, 0.6) is 0 Å². The van der Waals surface area contributed by atoms with Crippen LogP contribution in [-0.2, 0) is 9.53 Å². The van der Waals surface area contributed by atoms with E-state index >= 15 is 0 Å². The van der Waals surface area contributed by atoms with Crippen molar-refractivity contribution in [2.45, 2.75) is 32.0 Å². The summed E-state index contributed by atoms with van der Waals surface area (Å²) in [5.41, 5.74) is 1.55. The van der Waals surface area contributed by atoms with Gasteiger partial charge in [0.2, 0.25) is 0 Å².